The van der Waals surface area contributed by atoms with Crippen LogP contribution in [0.3, 0.4) is 0 Å². The molecular formula is C12H15Cl2NO. The van der Waals surface area contributed by atoms with E-state index in [9.17, 15) is 5.11 Å². The van der Waals surface area contributed by atoms with Crippen LogP contribution in [-0.2, 0) is 6.42 Å². The Balaban J connectivity index is 2.21. The molecule has 0 saturated carbocycles. The maximum Gasteiger partial charge on any atom is 0.0827 e. The Morgan fingerprint density at radius 3 is 2.50 bits per heavy atom. The van der Waals surface area contributed by atoms with E-state index in [1.54, 1.807) is 0 Å². The van der Waals surface area contributed by atoms with Crippen LogP contribution in [0.15, 0.2) is 18.2 Å². The van der Waals surface area contributed by atoms with Gasteiger partial charge in [-0.05, 0) is 31.2 Å². The second-order valence-electron chi connectivity index (χ2n) is 4.59. The number of aliphatic hydroxyl groups is 1. The molecule has 1 aromatic rings. The Morgan fingerprint density at radius 1 is 1.38 bits per heavy atom. The third-order valence-corrected chi connectivity index (χ3v) is 3.80. The molecule has 0 radical (unpaired) electrons. The lowest BCUT2D eigenvalue weighted by molar-refractivity contribution is 0.0524. The van der Waals surface area contributed by atoms with Gasteiger partial charge in [-0.25, -0.2) is 0 Å². The van der Waals surface area contributed by atoms with Gasteiger partial charge in [0.2, 0.25) is 0 Å². The first kappa shape index (κ1) is 12.2. The summed E-state index contributed by atoms with van der Waals surface area (Å²) in [5.74, 6) is 0. The molecule has 16 heavy (non-hydrogen) atoms. The van der Waals surface area contributed by atoms with Crippen molar-refractivity contribution in [1.82, 2.24) is 4.90 Å². The fourth-order valence-corrected chi connectivity index (χ4v) is 2.77. The molecule has 2 rings (SSSR count). The number of halogens is 2. The van der Waals surface area contributed by atoms with Crippen molar-refractivity contribution >= 4 is 23.2 Å². The van der Waals surface area contributed by atoms with Gasteiger partial charge in [0.05, 0.1) is 5.60 Å². The van der Waals surface area contributed by atoms with E-state index in [-0.39, 0.29) is 0 Å². The Morgan fingerprint density at radius 2 is 2.00 bits per heavy atom. The molecule has 1 aliphatic rings. The van der Waals surface area contributed by atoms with Crippen LogP contribution in [0.5, 0.6) is 0 Å². The normalized spacial score (nSPS) is 26.2. The number of hydrogen-bond donors (Lipinski definition) is 1. The summed E-state index contributed by atoms with van der Waals surface area (Å²) in [6.07, 6.45) is 1.29. The van der Waals surface area contributed by atoms with Gasteiger partial charge in [-0.3, -0.25) is 0 Å². The average molecular weight is 260 g/mol. The summed E-state index contributed by atoms with van der Waals surface area (Å²) in [6, 6.07) is 5.44. The monoisotopic (exact) mass is 259 g/mol. The van der Waals surface area contributed by atoms with E-state index in [2.05, 4.69) is 4.90 Å². The van der Waals surface area contributed by atoms with E-state index in [0.29, 0.717) is 23.0 Å². The minimum atomic E-state index is -0.691. The summed E-state index contributed by atoms with van der Waals surface area (Å²) in [6.45, 7) is 1.59. The smallest absolute Gasteiger partial charge is 0.0827 e. The predicted molar refractivity (Wildman–Crippen MR) is 67.2 cm³/mol. The number of likely N-dealkylation sites (N-methyl/N-ethyl adjacent to an activating group) is 1. The van der Waals surface area contributed by atoms with E-state index in [0.717, 1.165) is 18.5 Å². The van der Waals surface area contributed by atoms with Crippen LogP contribution in [0.25, 0.3) is 0 Å². The van der Waals surface area contributed by atoms with Crippen molar-refractivity contribution in [2.45, 2.75) is 18.4 Å². The average Bonchev–Trinajstić information content (AvgIpc) is 2.53. The van der Waals surface area contributed by atoms with Gasteiger partial charge < -0.3 is 10.0 Å². The Bertz CT molecular complexity index is 376. The molecule has 0 aliphatic carbocycles. The van der Waals surface area contributed by atoms with Crippen molar-refractivity contribution in [3.8, 4) is 0 Å². The van der Waals surface area contributed by atoms with Gasteiger partial charge in [0.15, 0.2) is 0 Å². The largest absolute Gasteiger partial charge is 0.388 e. The fraction of sp³-hybridized carbons (Fsp3) is 0.500. The second-order valence-corrected chi connectivity index (χ2v) is 5.40. The minimum Gasteiger partial charge on any atom is -0.388 e. The first-order chi connectivity index (χ1) is 7.50. The second kappa shape index (κ2) is 4.53. The molecule has 1 saturated heterocycles. The maximum absolute atomic E-state index is 10.4. The number of likely N-dealkylation sites (tertiary alicyclic amines) is 1. The van der Waals surface area contributed by atoms with Gasteiger partial charge in [0.1, 0.15) is 0 Å². The molecule has 0 amide bonds. The van der Waals surface area contributed by atoms with Gasteiger partial charge in [-0.1, -0.05) is 29.3 Å². The molecule has 1 heterocycles. The van der Waals surface area contributed by atoms with Crippen molar-refractivity contribution in [3.63, 3.8) is 0 Å². The third kappa shape index (κ3) is 2.51. The predicted octanol–water partition coefficient (Wildman–Crippen LogP) is 2.60. The zero-order valence-electron chi connectivity index (χ0n) is 9.21. The van der Waals surface area contributed by atoms with Crippen molar-refractivity contribution in [3.05, 3.63) is 33.8 Å². The number of rotatable bonds is 2. The lowest BCUT2D eigenvalue weighted by Gasteiger charge is -2.23. The molecule has 1 unspecified atom stereocenters. The van der Waals surface area contributed by atoms with Gasteiger partial charge in [-0.2, -0.15) is 0 Å². The van der Waals surface area contributed by atoms with E-state index in [1.807, 2.05) is 25.2 Å². The first-order valence-corrected chi connectivity index (χ1v) is 6.10. The molecule has 0 spiro atoms. The van der Waals surface area contributed by atoms with Crippen LogP contribution in [0.1, 0.15) is 12.0 Å². The highest BCUT2D eigenvalue weighted by molar-refractivity contribution is 6.36. The van der Waals surface area contributed by atoms with Crippen molar-refractivity contribution in [1.29, 1.82) is 0 Å². The summed E-state index contributed by atoms with van der Waals surface area (Å²) in [7, 11) is 2.01. The quantitative estimate of drug-likeness (QED) is 0.883. The van der Waals surface area contributed by atoms with E-state index < -0.39 is 5.60 Å². The molecule has 88 valence electrons. The molecule has 1 N–H and O–H groups in total. The van der Waals surface area contributed by atoms with Crippen LogP contribution in [0.2, 0.25) is 10.0 Å². The fourth-order valence-electron chi connectivity index (χ4n) is 2.23. The summed E-state index contributed by atoms with van der Waals surface area (Å²) in [5, 5.41) is 11.7. The molecule has 1 atom stereocenters. The van der Waals surface area contributed by atoms with Crippen molar-refractivity contribution in [2.24, 2.45) is 0 Å². The Kier molecular flexibility index (Phi) is 3.45. The molecule has 2 nitrogen and oxygen atoms in total. The highest BCUT2D eigenvalue weighted by Gasteiger charge is 2.35. The summed E-state index contributed by atoms with van der Waals surface area (Å²) in [4.78, 5) is 2.12. The first-order valence-electron chi connectivity index (χ1n) is 5.34. The van der Waals surface area contributed by atoms with Gasteiger partial charge in [0.25, 0.3) is 0 Å². The zero-order valence-corrected chi connectivity index (χ0v) is 10.7. The molecular weight excluding hydrogens is 245 g/mol. The van der Waals surface area contributed by atoms with E-state index in [4.69, 9.17) is 23.2 Å². The molecule has 0 bridgehead atoms. The minimum absolute atomic E-state index is 0.524. The lowest BCUT2D eigenvalue weighted by Crippen LogP contribution is -2.34. The van der Waals surface area contributed by atoms with Crippen LogP contribution in [0.4, 0.5) is 0 Å². The molecule has 1 aliphatic heterocycles. The van der Waals surface area contributed by atoms with Crippen LogP contribution >= 0.6 is 23.2 Å². The van der Waals surface area contributed by atoms with Crippen LogP contribution < -0.4 is 0 Å². The SMILES string of the molecule is CN1CCC(O)(Cc2c(Cl)cccc2Cl)C1. The number of hydrogen-bond acceptors (Lipinski definition) is 2. The Labute approximate surface area is 106 Å². The highest BCUT2D eigenvalue weighted by atomic mass is 35.5. The van der Waals surface area contributed by atoms with E-state index in [1.165, 1.54) is 0 Å². The molecule has 1 aromatic carbocycles. The van der Waals surface area contributed by atoms with Gasteiger partial charge >= 0.3 is 0 Å². The van der Waals surface area contributed by atoms with Gasteiger partial charge in [-0.15, -0.1) is 0 Å². The zero-order chi connectivity index (χ0) is 11.8. The molecule has 1 fully saturated rings. The summed E-state index contributed by atoms with van der Waals surface area (Å²) >= 11 is 12.2. The topological polar surface area (TPSA) is 23.5 Å². The molecule has 4 heteroatoms. The summed E-state index contributed by atoms with van der Waals surface area (Å²) in [5.41, 5.74) is 0.159. The van der Waals surface area contributed by atoms with E-state index >= 15 is 0 Å². The standard InChI is InChI=1S/C12H15Cl2NO/c1-15-6-5-12(16,8-15)7-9-10(13)3-2-4-11(9)14/h2-4,16H,5-8H2,1H3. The Hall–Kier alpha value is -0.280. The van der Waals surface area contributed by atoms with Gasteiger partial charge in [0, 0.05) is 29.6 Å². The molecule has 0 aromatic heterocycles. The maximum atomic E-state index is 10.4. The highest BCUT2D eigenvalue weighted by Crippen LogP contribution is 2.31. The lowest BCUT2D eigenvalue weighted by atomic mass is 9.94. The van der Waals surface area contributed by atoms with Crippen molar-refractivity contribution < 1.29 is 5.11 Å². The third-order valence-electron chi connectivity index (χ3n) is 3.09. The van der Waals surface area contributed by atoms with Crippen molar-refractivity contribution in [2.75, 3.05) is 20.1 Å². The summed E-state index contributed by atoms with van der Waals surface area (Å²) < 4.78 is 0. The van der Waals surface area contributed by atoms with Crippen LogP contribution in [0, 0.1) is 0 Å². The van der Waals surface area contributed by atoms with Crippen LogP contribution in [-0.4, -0.2) is 35.7 Å². The number of nitrogens with zero attached hydrogens (tertiary/aromatic N) is 1. The number of β-amino-alcohol motifs (C(OH)–C–C–N with tert-alkyl or cyclic N) is 1. The number of benzene rings is 1.